The van der Waals surface area contributed by atoms with Crippen LogP contribution in [0.3, 0.4) is 0 Å². The molecule has 0 saturated heterocycles. The van der Waals surface area contributed by atoms with Gasteiger partial charge in [-0.15, -0.1) is 0 Å². The van der Waals surface area contributed by atoms with Gasteiger partial charge >= 0.3 is 0 Å². The van der Waals surface area contributed by atoms with Crippen LogP contribution in [0.4, 0.5) is 10.1 Å². The summed E-state index contributed by atoms with van der Waals surface area (Å²) in [6, 6.07) is 19.5. The molecule has 1 N–H and O–H groups in total. The standard InChI is InChI=1S/C32H38FN3O5S/c1-24(32(38)34-27-11-7-4-8-12-27)35(22-21-25-9-5-3-6-10-25)31(37)23-36(28-15-13-26(33)14-16-28)42(39,40)30-19-17-29(41-2)18-20-30/h3,5-6,9-10,13-20,24,27H,4,7-8,11-12,21-23H2,1-2H3,(H,34,38). The molecule has 0 spiro atoms. The zero-order valence-corrected chi connectivity index (χ0v) is 24.9. The summed E-state index contributed by atoms with van der Waals surface area (Å²) < 4.78 is 47.6. The summed E-state index contributed by atoms with van der Waals surface area (Å²) in [5.41, 5.74) is 1.11. The largest absolute Gasteiger partial charge is 0.497 e. The van der Waals surface area contributed by atoms with Gasteiger partial charge in [-0.2, -0.15) is 0 Å². The first kappa shape index (κ1) is 31.0. The molecule has 1 fully saturated rings. The molecule has 1 atom stereocenters. The van der Waals surface area contributed by atoms with E-state index in [0.717, 1.165) is 54.1 Å². The van der Waals surface area contributed by atoms with Crippen LogP contribution in [-0.4, -0.2) is 57.4 Å². The van der Waals surface area contributed by atoms with Crippen molar-refractivity contribution in [2.45, 2.75) is 62.4 Å². The van der Waals surface area contributed by atoms with Crippen LogP contribution in [-0.2, 0) is 26.0 Å². The van der Waals surface area contributed by atoms with Crippen molar-refractivity contribution in [1.82, 2.24) is 10.2 Å². The van der Waals surface area contributed by atoms with Gasteiger partial charge in [-0.1, -0.05) is 49.6 Å². The summed E-state index contributed by atoms with van der Waals surface area (Å²) in [5.74, 6) is -0.874. The number of amides is 2. The van der Waals surface area contributed by atoms with Crippen molar-refractivity contribution in [2.24, 2.45) is 0 Å². The highest BCUT2D eigenvalue weighted by atomic mass is 32.2. The molecular weight excluding hydrogens is 557 g/mol. The number of benzene rings is 3. The minimum atomic E-state index is -4.25. The van der Waals surface area contributed by atoms with Gasteiger partial charge in [0.1, 0.15) is 24.2 Å². The smallest absolute Gasteiger partial charge is 0.264 e. The Morgan fingerprint density at radius 1 is 0.952 bits per heavy atom. The number of rotatable bonds is 12. The average molecular weight is 596 g/mol. The molecule has 3 aromatic carbocycles. The van der Waals surface area contributed by atoms with E-state index in [4.69, 9.17) is 4.74 Å². The topological polar surface area (TPSA) is 96.0 Å². The van der Waals surface area contributed by atoms with Gasteiger partial charge in [0.2, 0.25) is 11.8 Å². The second kappa shape index (κ2) is 14.3. The molecule has 2 amide bonds. The van der Waals surface area contributed by atoms with Crippen LogP contribution in [0, 0.1) is 5.82 Å². The molecule has 42 heavy (non-hydrogen) atoms. The van der Waals surface area contributed by atoms with Crippen LogP contribution in [0.5, 0.6) is 5.75 Å². The number of nitrogens with one attached hydrogen (secondary N) is 1. The van der Waals surface area contributed by atoms with Gasteiger partial charge in [0.05, 0.1) is 17.7 Å². The lowest BCUT2D eigenvalue weighted by molar-refractivity contribution is -0.139. The van der Waals surface area contributed by atoms with Gasteiger partial charge in [0.25, 0.3) is 10.0 Å². The van der Waals surface area contributed by atoms with Crippen molar-refractivity contribution in [3.8, 4) is 5.75 Å². The molecule has 1 unspecified atom stereocenters. The highest BCUT2D eigenvalue weighted by Crippen LogP contribution is 2.26. The quantitative estimate of drug-likeness (QED) is 0.320. The lowest BCUT2D eigenvalue weighted by Crippen LogP contribution is -2.53. The van der Waals surface area contributed by atoms with Gasteiger partial charge in [-0.25, -0.2) is 12.8 Å². The maximum atomic E-state index is 14.0. The maximum Gasteiger partial charge on any atom is 0.264 e. The van der Waals surface area contributed by atoms with E-state index in [1.807, 2.05) is 30.3 Å². The Morgan fingerprint density at radius 2 is 1.60 bits per heavy atom. The average Bonchev–Trinajstić information content (AvgIpc) is 3.01. The Morgan fingerprint density at radius 3 is 2.21 bits per heavy atom. The van der Waals surface area contributed by atoms with Gasteiger partial charge in [0, 0.05) is 12.6 Å². The van der Waals surface area contributed by atoms with Gasteiger partial charge in [0.15, 0.2) is 0 Å². The van der Waals surface area contributed by atoms with E-state index < -0.39 is 34.3 Å². The van der Waals surface area contributed by atoms with Crippen LogP contribution in [0.2, 0.25) is 0 Å². The van der Waals surface area contributed by atoms with Crippen molar-refractivity contribution in [2.75, 3.05) is 24.5 Å². The van der Waals surface area contributed by atoms with Crippen molar-refractivity contribution >= 4 is 27.5 Å². The zero-order chi connectivity index (χ0) is 30.1. The highest BCUT2D eigenvalue weighted by molar-refractivity contribution is 7.92. The van der Waals surface area contributed by atoms with E-state index >= 15 is 0 Å². The Balaban J connectivity index is 1.63. The number of hydrogen-bond donors (Lipinski definition) is 1. The number of nitrogens with zero attached hydrogens (tertiary/aromatic N) is 2. The second-order valence-corrected chi connectivity index (χ2v) is 12.4. The molecule has 3 aromatic rings. The molecule has 1 aliphatic carbocycles. The van der Waals surface area contributed by atoms with Crippen molar-refractivity contribution in [3.05, 3.63) is 90.2 Å². The van der Waals surface area contributed by atoms with E-state index in [-0.39, 0.29) is 29.1 Å². The normalized spacial score (nSPS) is 14.5. The summed E-state index contributed by atoms with van der Waals surface area (Å²) in [4.78, 5) is 28.7. The van der Waals surface area contributed by atoms with Crippen LogP contribution in [0.1, 0.15) is 44.6 Å². The lowest BCUT2D eigenvalue weighted by Gasteiger charge is -2.33. The number of ether oxygens (including phenoxy) is 1. The van der Waals surface area contributed by atoms with Crippen molar-refractivity contribution in [1.29, 1.82) is 0 Å². The zero-order valence-electron chi connectivity index (χ0n) is 24.0. The number of methoxy groups -OCH3 is 1. The first-order valence-corrected chi connectivity index (χ1v) is 15.7. The number of carbonyl (C=O) groups is 2. The SMILES string of the molecule is COc1ccc(S(=O)(=O)N(CC(=O)N(CCc2ccccc2)C(C)C(=O)NC2CCCCC2)c2ccc(F)cc2)cc1. The molecule has 4 rings (SSSR count). The summed E-state index contributed by atoms with van der Waals surface area (Å²) in [5, 5.41) is 3.09. The molecule has 8 nitrogen and oxygen atoms in total. The molecule has 0 radical (unpaired) electrons. The minimum absolute atomic E-state index is 0.0562. The second-order valence-electron chi connectivity index (χ2n) is 10.5. The van der Waals surface area contributed by atoms with E-state index in [2.05, 4.69) is 5.32 Å². The van der Waals surface area contributed by atoms with Crippen LogP contribution in [0.15, 0.2) is 83.8 Å². The van der Waals surface area contributed by atoms with E-state index in [9.17, 15) is 22.4 Å². The molecule has 10 heteroatoms. The third kappa shape index (κ3) is 7.88. The highest BCUT2D eigenvalue weighted by Gasteiger charge is 2.33. The summed E-state index contributed by atoms with van der Waals surface area (Å²) in [6.07, 6.45) is 5.52. The Bertz CT molecular complexity index is 1430. The molecule has 0 aliphatic heterocycles. The molecule has 1 aliphatic rings. The minimum Gasteiger partial charge on any atom is -0.497 e. The Kier molecular flexibility index (Phi) is 10.6. The Labute approximate surface area is 247 Å². The fourth-order valence-corrected chi connectivity index (χ4v) is 6.56. The molecule has 1 saturated carbocycles. The van der Waals surface area contributed by atoms with E-state index in [0.29, 0.717) is 12.2 Å². The van der Waals surface area contributed by atoms with Crippen LogP contribution >= 0.6 is 0 Å². The summed E-state index contributed by atoms with van der Waals surface area (Å²) in [7, 11) is -2.77. The predicted octanol–water partition coefficient (Wildman–Crippen LogP) is 4.94. The van der Waals surface area contributed by atoms with E-state index in [1.54, 1.807) is 6.92 Å². The lowest BCUT2D eigenvalue weighted by atomic mass is 9.95. The fraction of sp³-hybridized carbons (Fsp3) is 0.375. The van der Waals surface area contributed by atoms with Crippen molar-refractivity contribution < 1.29 is 27.1 Å². The summed E-state index contributed by atoms with van der Waals surface area (Å²) >= 11 is 0. The number of anilines is 1. The predicted molar refractivity (Wildman–Crippen MR) is 160 cm³/mol. The van der Waals surface area contributed by atoms with Gasteiger partial charge in [-0.05, 0) is 80.3 Å². The summed E-state index contributed by atoms with van der Waals surface area (Å²) in [6.45, 7) is 1.30. The maximum absolute atomic E-state index is 14.0. The van der Waals surface area contributed by atoms with Crippen LogP contribution in [0.25, 0.3) is 0 Å². The van der Waals surface area contributed by atoms with Gasteiger partial charge < -0.3 is 15.0 Å². The number of carbonyl (C=O) groups excluding carboxylic acids is 2. The Hall–Kier alpha value is -3.92. The molecule has 0 bridgehead atoms. The molecule has 224 valence electrons. The third-order valence-electron chi connectivity index (χ3n) is 7.64. The van der Waals surface area contributed by atoms with Gasteiger partial charge in [-0.3, -0.25) is 13.9 Å². The molecule has 0 heterocycles. The van der Waals surface area contributed by atoms with Crippen molar-refractivity contribution in [3.63, 3.8) is 0 Å². The third-order valence-corrected chi connectivity index (χ3v) is 9.43. The first-order valence-electron chi connectivity index (χ1n) is 14.2. The molecule has 0 aromatic heterocycles. The number of sulfonamides is 1. The number of hydrogen-bond acceptors (Lipinski definition) is 5. The first-order chi connectivity index (χ1) is 20.2. The monoisotopic (exact) mass is 595 g/mol. The fourth-order valence-electron chi connectivity index (χ4n) is 5.15. The number of halogens is 1. The van der Waals surface area contributed by atoms with Crippen LogP contribution < -0.4 is 14.4 Å². The molecular formula is C32H38FN3O5S. The van der Waals surface area contributed by atoms with E-state index in [1.165, 1.54) is 48.4 Å².